The quantitative estimate of drug-likeness (QED) is 0.219. The van der Waals surface area contributed by atoms with Gasteiger partial charge in [0.2, 0.25) is 10.8 Å². The lowest BCUT2D eigenvalue weighted by Gasteiger charge is -2.48. The lowest BCUT2D eigenvalue weighted by Crippen LogP contribution is -2.68. The smallest absolute Gasteiger partial charge is 0.349 e. The van der Waals surface area contributed by atoms with Crippen LogP contribution < -0.4 is 5.32 Å². The number of amides is 1. The number of methoxy groups -OCH3 is 1. The second kappa shape index (κ2) is 18.1. The number of esters is 5. The van der Waals surface area contributed by atoms with Crippen LogP contribution in [0.4, 0.5) is 0 Å². The van der Waals surface area contributed by atoms with Gasteiger partial charge in [-0.3, -0.25) is 24.0 Å². The Balaban J connectivity index is 1.78. The molecular weight excluding hydrogens is 688 g/mol. The van der Waals surface area contributed by atoms with Crippen LogP contribution in [0.5, 0.6) is 0 Å². The van der Waals surface area contributed by atoms with Crippen molar-refractivity contribution in [1.82, 2.24) is 20.3 Å². The first-order chi connectivity index (χ1) is 24.3. The van der Waals surface area contributed by atoms with Crippen LogP contribution in [0.15, 0.2) is 41.4 Å². The van der Waals surface area contributed by atoms with Crippen LogP contribution in [-0.4, -0.2) is 99.9 Å². The fourth-order valence-corrected chi connectivity index (χ4v) is 7.55. The highest BCUT2D eigenvalue weighted by atomic mass is 32.2. The molecule has 2 aliphatic rings. The second-order valence-electron chi connectivity index (χ2n) is 12.4. The summed E-state index contributed by atoms with van der Waals surface area (Å²) in [5.41, 5.74) is 0.782. The molecule has 17 heteroatoms. The van der Waals surface area contributed by atoms with Crippen LogP contribution in [-0.2, 0) is 63.7 Å². The molecule has 1 saturated heterocycles. The lowest BCUT2D eigenvalue weighted by molar-refractivity contribution is -0.224. The summed E-state index contributed by atoms with van der Waals surface area (Å²) in [6.07, 6.45) is 0.692. The standard InChI is InChI=1S/C34H44N4O12S/c1-20(39)46-19-28(48-22(3)41)31(49-23(4)42)32-30(35-29(43)18-38-17-26(36-37-38)24-12-8-6-9-13-24)27(47-21(2)40)16-34(50-32,33(44)45-5)51-25-14-10-7-11-15-25/h7,10-11,14-15,17,24,27-28,30-32H,6,8-9,12-13,16,18-19H2,1-5H3,(H,35,43)/t27-,28+,30+,31+,32+,34?/m0/s1. The fourth-order valence-electron chi connectivity index (χ4n) is 6.30. The minimum Gasteiger partial charge on any atom is -0.466 e. The van der Waals surface area contributed by atoms with Crippen LogP contribution >= 0.6 is 11.8 Å². The Hall–Kier alpha value is -4.51. The van der Waals surface area contributed by atoms with Crippen LogP contribution in [0.3, 0.4) is 0 Å². The van der Waals surface area contributed by atoms with Gasteiger partial charge in [-0.25, -0.2) is 9.48 Å². The van der Waals surface area contributed by atoms with E-state index in [0.29, 0.717) is 4.90 Å². The molecule has 1 aliphatic carbocycles. The Labute approximate surface area is 299 Å². The molecule has 0 bridgehead atoms. The maximum atomic E-state index is 13.7. The number of hydrogen-bond donors (Lipinski definition) is 1. The van der Waals surface area contributed by atoms with Crippen molar-refractivity contribution in [3.8, 4) is 0 Å². The molecule has 2 aromatic rings. The molecule has 1 N–H and O–H groups in total. The van der Waals surface area contributed by atoms with Gasteiger partial charge in [0.05, 0.1) is 18.8 Å². The van der Waals surface area contributed by atoms with E-state index in [9.17, 15) is 28.8 Å². The number of aromatic nitrogens is 3. The molecule has 16 nitrogen and oxygen atoms in total. The third-order valence-corrected chi connectivity index (χ3v) is 9.63. The zero-order chi connectivity index (χ0) is 37.1. The minimum atomic E-state index is -1.95. The third-order valence-electron chi connectivity index (χ3n) is 8.36. The highest BCUT2D eigenvalue weighted by Crippen LogP contribution is 2.46. The number of carbonyl (C=O) groups excluding carboxylic acids is 6. The van der Waals surface area contributed by atoms with Crippen LogP contribution in [0, 0.1) is 0 Å². The Morgan fingerprint density at radius 1 is 0.961 bits per heavy atom. The fraction of sp³-hybridized carbons (Fsp3) is 0.588. The number of nitrogens with zero attached hydrogens (tertiary/aromatic N) is 3. The van der Waals surface area contributed by atoms with Crippen molar-refractivity contribution in [2.45, 2.75) is 119 Å². The maximum Gasteiger partial charge on any atom is 0.349 e. The minimum absolute atomic E-state index is 0.244. The topological polar surface area (TPSA) is 201 Å². The van der Waals surface area contributed by atoms with E-state index < -0.39 is 77.8 Å². The van der Waals surface area contributed by atoms with Crippen LogP contribution in [0.1, 0.15) is 77.8 Å². The summed E-state index contributed by atoms with van der Waals surface area (Å²) in [5, 5.41) is 11.2. The van der Waals surface area contributed by atoms with Crippen LogP contribution in [0.2, 0.25) is 0 Å². The number of carbonyl (C=O) groups is 6. The summed E-state index contributed by atoms with van der Waals surface area (Å²) in [6.45, 7) is 3.58. The Kier molecular flexibility index (Phi) is 14.0. The van der Waals surface area contributed by atoms with Gasteiger partial charge < -0.3 is 33.7 Å². The largest absolute Gasteiger partial charge is 0.466 e. The Bertz CT molecular complexity index is 1550. The first-order valence-corrected chi connectivity index (χ1v) is 17.5. The maximum absolute atomic E-state index is 13.7. The predicted molar refractivity (Wildman–Crippen MR) is 178 cm³/mol. The van der Waals surface area contributed by atoms with Crippen molar-refractivity contribution in [2.24, 2.45) is 0 Å². The lowest BCUT2D eigenvalue weighted by atomic mass is 9.87. The summed E-state index contributed by atoms with van der Waals surface area (Å²) in [7, 11) is 1.15. The van der Waals surface area contributed by atoms with Crippen molar-refractivity contribution in [3.05, 3.63) is 42.2 Å². The number of thioether (sulfide) groups is 1. The molecule has 51 heavy (non-hydrogen) atoms. The van der Waals surface area contributed by atoms with E-state index in [0.717, 1.165) is 84.4 Å². The van der Waals surface area contributed by atoms with Crippen LogP contribution in [0.25, 0.3) is 0 Å². The first kappa shape index (κ1) is 39.3. The van der Waals surface area contributed by atoms with Gasteiger partial charge in [0.1, 0.15) is 25.4 Å². The van der Waals surface area contributed by atoms with Crippen molar-refractivity contribution >= 4 is 47.5 Å². The Morgan fingerprint density at radius 3 is 2.25 bits per heavy atom. The first-order valence-electron chi connectivity index (χ1n) is 16.6. The summed E-state index contributed by atoms with van der Waals surface area (Å²) < 4.78 is 35.2. The number of ether oxygens (including phenoxy) is 6. The Morgan fingerprint density at radius 2 is 1.65 bits per heavy atom. The van der Waals surface area contributed by atoms with Crippen molar-refractivity contribution < 1.29 is 57.2 Å². The van der Waals surface area contributed by atoms with E-state index in [1.807, 2.05) is 0 Å². The van der Waals surface area contributed by atoms with Gasteiger partial charge in [-0.1, -0.05) is 54.4 Å². The zero-order valence-electron chi connectivity index (χ0n) is 29.2. The second-order valence-corrected chi connectivity index (χ2v) is 13.7. The normalized spacial score (nSPS) is 23.2. The molecule has 0 spiro atoms. The molecular formula is C34H44N4O12S. The number of nitrogens with one attached hydrogen (secondary N) is 1. The summed E-state index contributed by atoms with van der Waals surface area (Å²) >= 11 is 0.942. The monoisotopic (exact) mass is 732 g/mol. The van der Waals surface area contributed by atoms with E-state index in [-0.39, 0.29) is 18.9 Å². The van der Waals surface area contributed by atoms with Gasteiger partial charge in [0.15, 0.2) is 12.2 Å². The number of benzene rings is 1. The third kappa shape index (κ3) is 11.0. The average molecular weight is 733 g/mol. The SMILES string of the molecule is COC(=O)C1(Sc2ccccc2)C[C@H](OC(C)=O)[C@@H](NC(=O)Cn2cc(C3CCCCC3)nn2)[C@H]([C@H](OC(C)=O)[C@@H](COC(C)=O)OC(C)=O)O1. The molecule has 2 fully saturated rings. The summed E-state index contributed by atoms with van der Waals surface area (Å²) in [6, 6.07) is 7.36. The van der Waals surface area contributed by atoms with Gasteiger partial charge in [-0.15, -0.1) is 5.10 Å². The molecule has 0 radical (unpaired) electrons. The zero-order valence-corrected chi connectivity index (χ0v) is 30.1. The number of hydrogen-bond acceptors (Lipinski definition) is 15. The van der Waals surface area contributed by atoms with Crippen molar-refractivity contribution in [3.63, 3.8) is 0 Å². The molecule has 1 aromatic carbocycles. The molecule has 2 heterocycles. The molecule has 1 aromatic heterocycles. The van der Waals surface area contributed by atoms with Gasteiger partial charge in [0.25, 0.3) is 0 Å². The van der Waals surface area contributed by atoms with E-state index in [4.69, 9.17) is 28.4 Å². The molecule has 1 saturated carbocycles. The summed E-state index contributed by atoms with van der Waals surface area (Å²) in [5.74, 6) is -4.42. The van der Waals surface area contributed by atoms with Gasteiger partial charge >= 0.3 is 29.8 Å². The van der Waals surface area contributed by atoms with E-state index >= 15 is 0 Å². The van der Waals surface area contributed by atoms with Gasteiger partial charge in [0, 0.05) is 51.1 Å². The molecule has 1 aliphatic heterocycles. The van der Waals surface area contributed by atoms with Gasteiger partial charge in [-0.05, 0) is 25.0 Å². The predicted octanol–water partition coefficient (Wildman–Crippen LogP) is 2.62. The molecule has 278 valence electrons. The highest BCUT2D eigenvalue weighted by Gasteiger charge is 2.59. The summed E-state index contributed by atoms with van der Waals surface area (Å²) in [4.78, 5) is 75.4. The molecule has 6 atom stereocenters. The molecule has 1 unspecified atom stereocenters. The molecule has 4 rings (SSSR count). The van der Waals surface area contributed by atoms with E-state index in [2.05, 4.69) is 15.6 Å². The average Bonchev–Trinajstić information content (AvgIpc) is 3.55. The highest BCUT2D eigenvalue weighted by molar-refractivity contribution is 8.01. The van der Waals surface area contributed by atoms with Crippen molar-refractivity contribution in [2.75, 3.05) is 13.7 Å². The number of rotatable bonds is 14. The van der Waals surface area contributed by atoms with Gasteiger partial charge in [-0.2, -0.15) is 0 Å². The van der Waals surface area contributed by atoms with E-state index in [1.54, 1.807) is 36.5 Å². The van der Waals surface area contributed by atoms with Crippen molar-refractivity contribution in [1.29, 1.82) is 0 Å². The van der Waals surface area contributed by atoms with E-state index in [1.165, 1.54) is 4.68 Å². The molecule has 1 amide bonds.